The van der Waals surface area contributed by atoms with E-state index >= 15 is 0 Å². The van der Waals surface area contributed by atoms with Gasteiger partial charge in [-0.15, -0.1) is 0 Å². The van der Waals surface area contributed by atoms with Crippen molar-refractivity contribution in [3.63, 3.8) is 0 Å². The zero-order valence-electron chi connectivity index (χ0n) is 12.4. The topological polar surface area (TPSA) is 52.8 Å². The van der Waals surface area contributed by atoms with E-state index in [1.807, 2.05) is 35.6 Å². The summed E-state index contributed by atoms with van der Waals surface area (Å²) < 4.78 is 12.4. The second-order valence-electron chi connectivity index (χ2n) is 4.94. The minimum Gasteiger partial charge on any atom is -0.487 e. The number of esters is 1. The molecule has 0 aliphatic carbocycles. The van der Waals surface area contributed by atoms with Crippen molar-refractivity contribution in [3.8, 4) is 5.75 Å². The molecule has 1 aromatic carbocycles. The summed E-state index contributed by atoms with van der Waals surface area (Å²) in [5.74, 6) is 0.461. The number of para-hydroxylation sites is 1. The second kappa shape index (κ2) is 5.89. The first-order valence-electron chi connectivity index (χ1n) is 6.92. The van der Waals surface area contributed by atoms with Crippen molar-refractivity contribution in [2.75, 3.05) is 7.11 Å². The first-order chi connectivity index (χ1) is 10.7. The van der Waals surface area contributed by atoms with Crippen molar-refractivity contribution in [1.82, 2.24) is 9.38 Å². The van der Waals surface area contributed by atoms with E-state index in [1.54, 1.807) is 24.5 Å². The maximum Gasteiger partial charge on any atom is 0.339 e. The highest BCUT2D eigenvalue weighted by Gasteiger charge is 2.10. The Bertz CT molecular complexity index is 824. The van der Waals surface area contributed by atoms with E-state index < -0.39 is 0 Å². The van der Waals surface area contributed by atoms with E-state index in [0.717, 1.165) is 22.7 Å². The van der Waals surface area contributed by atoms with Gasteiger partial charge in [-0.3, -0.25) is 4.40 Å². The SMILES string of the molecule is COC(=O)c1ccc2ncc(COc3ccccc3C)n2c1. The predicted molar refractivity (Wildman–Crippen MR) is 82.0 cm³/mol. The number of carbonyl (C=O) groups excluding carboxylic acids is 1. The molecule has 3 aromatic rings. The smallest absolute Gasteiger partial charge is 0.339 e. The molecule has 0 bridgehead atoms. The Morgan fingerprint density at radius 3 is 2.82 bits per heavy atom. The van der Waals surface area contributed by atoms with E-state index in [2.05, 4.69) is 4.98 Å². The third-order valence-electron chi connectivity index (χ3n) is 3.47. The van der Waals surface area contributed by atoms with Crippen LogP contribution in [0.25, 0.3) is 5.65 Å². The van der Waals surface area contributed by atoms with Gasteiger partial charge in [0.05, 0.1) is 24.6 Å². The highest BCUT2D eigenvalue weighted by molar-refractivity contribution is 5.89. The molecule has 0 spiro atoms. The lowest BCUT2D eigenvalue weighted by Gasteiger charge is -2.09. The van der Waals surface area contributed by atoms with Crippen molar-refractivity contribution in [3.05, 3.63) is 65.6 Å². The Balaban J connectivity index is 1.87. The molecule has 112 valence electrons. The lowest BCUT2D eigenvalue weighted by Crippen LogP contribution is -2.05. The molecule has 0 N–H and O–H groups in total. The van der Waals surface area contributed by atoms with Crippen LogP contribution >= 0.6 is 0 Å². The molecule has 0 unspecified atom stereocenters. The van der Waals surface area contributed by atoms with Gasteiger partial charge in [-0.25, -0.2) is 9.78 Å². The van der Waals surface area contributed by atoms with E-state index in [1.165, 1.54) is 7.11 Å². The third kappa shape index (κ3) is 2.65. The molecule has 0 saturated carbocycles. The number of pyridine rings is 1. The molecule has 0 aliphatic rings. The van der Waals surface area contributed by atoms with Crippen LogP contribution in [0.4, 0.5) is 0 Å². The number of hydrogen-bond acceptors (Lipinski definition) is 4. The highest BCUT2D eigenvalue weighted by atomic mass is 16.5. The fourth-order valence-corrected chi connectivity index (χ4v) is 2.25. The number of carbonyl (C=O) groups is 1. The van der Waals surface area contributed by atoms with Crippen LogP contribution in [0, 0.1) is 6.92 Å². The van der Waals surface area contributed by atoms with Crippen LogP contribution in [0.3, 0.4) is 0 Å². The third-order valence-corrected chi connectivity index (χ3v) is 3.47. The summed E-state index contributed by atoms with van der Waals surface area (Å²) in [7, 11) is 1.36. The van der Waals surface area contributed by atoms with Gasteiger partial charge in [0.1, 0.15) is 18.0 Å². The van der Waals surface area contributed by atoms with Crippen LogP contribution in [0.2, 0.25) is 0 Å². The molecule has 2 aromatic heterocycles. The van der Waals surface area contributed by atoms with E-state index in [0.29, 0.717) is 12.2 Å². The molecule has 5 nitrogen and oxygen atoms in total. The fraction of sp³-hybridized carbons (Fsp3) is 0.176. The summed E-state index contributed by atoms with van der Waals surface area (Å²) >= 11 is 0. The van der Waals surface area contributed by atoms with Crippen LogP contribution in [0.15, 0.2) is 48.8 Å². The van der Waals surface area contributed by atoms with Crippen molar-refractivity contribution in [2.24, 2.45) is 0 Å². The summed E-state index contributed by atoms with van der Waals surface area (Å²) in [6.07, 6.45) is 3.46. The first kappa shape index (κ1) is 14.1. The Labute approximate surface area is 128 Å². The molecule has 0 amide bonds. The summed E-state index contributed by atoms with van der Waals surface area (Å²) in [5, 5.41) is 0. The number of ether oxygens (including phenoxy) is 2. The minimum absolute atomic E-state index is 0.372. The quantitative estimate of drug-likeness (QED) is 0.694. The average molecular weight is 296 g/mol. The number of fused-ring (bicyclic) bond motifs is 1. The standard InChI is InChI=1S/C17H16N2O3/c1-12-5-3-4-6-15(12)22-11-14-9-18-16-8-7-13(10-19(14)16)17(20)21-2/h3-10H,11H2,1-2H3. The van der Waals surface area contributed by atoms with Gasteiger partial charge >= 0.3 is 5.97 Å². The molecule has 22 heavy (non-hydrogen) atoms. The molecule has 0 fully saturated rings. The van der Waals surface area contributed by atoms with Gasteiger partial charge in [-0.1, -0.05) is 18.2 Å². The summed E-state index contributed by atoms with van der Waals surface area (Å²) in [6, 6.07) is 11.3. The van der Waals surface area contributed by atoms with Crippen LogP contribution < -0.4 is 4.74 Å². The molecule has 0 aliphatic heterocycles. The number of aryl methyl sites for hydroxylation is 1. The average Bonchev–Trinajstić information content (AvgIpc) is 2.95. The molecule has 2 heterocycles. The normalized spacial score (nSPS) is 10.6. The Kier molecular flexibility index (Phi) is 3.78. The molecule has 5 heteroatoms. The van der Waals surface area contributed by atoms with Crippen molar-refractivity contribution >= 4 is 11.6 Å². The maximum atomic E-state index is 11.6. The minimum atomic E-state index is -0.374. The van der Waals surface area contributed by atoms with Crippen molar-refractivity contribution in [2.45, 2.75) is 13.5 Å². The number of hydrogen-bond donors (Lipinski definition) is 0. The summed E-state index contributed by atoms with van der Waals surface area (Å²) in [6.45, 7) is 2.37. The summed E-state index contributed by atoms with van der Waals surface area (Å²) in [4.78, 5) is 15.9. The highest BCUT2D eigenvalue weighted by Crippen LogP contribution is 2.18. The fourth-order valence-electron chi connectivity index (χ4n) is 2.25. The number of imidazole rings is 1. The monoisotopic (exact) mass is 296 g/mol. The van der Waals surface area contributed by atoms with Gasteiger partial charge in [-0.05, 0) is 30.7 Å². The Morgan fingerprint density at radius 2 is 2.05 bits per heavy atom. The van der Waals surface area contributed by atoms with Crippen LogP contribution in [-0.2, 0) is 11.3 Å². The zero-order valence-corrected chi connectivity index (χ0v) is 12.4. The van der Waals surface area contributed by atoms with E-state index in [9.17, 15) is 4.79 Å². The van der Waals surface area contributed by atoms with Crippen molar-refractivity contribution < 1.29 is 14.3 Å². The lowest BCUT2D eigenvalue weighted by atomic mass is 10.2. The number of benzene rings is 1. The molecular formula is C17H16N2O3. The predicted octanol–water partition coefficient (Wildman–Crippen LogP) is 3.01. The van der Waals surface area contributed by atoms with Crippen LogP contribution in [0.5, 0.6) is 5.75 Å². The Morgan fingerprint density at radius 1 is 1.23 bits per heavy atom. The lowest BCUT2D eigenvalue weighted by molar-refractivity contribution is 0.0600. The van der Waals surface area contributed by atoms with Crippen LogP contribution in [0.1, 0.15) is 21.6 Å². The van der Waals surface area contributed by atoms with Gasteiger partial charge in [0.2, 0.25) is 0 Å². The maximum absolute atomic E-state index is 11.6. The van der Waals surface area contributed by atoms with Gasteiger partial charge in [0.15, 0.2) is 0 Å². The molecule has 0 atom stereocenters. The zero-order chi connectivity index (χ0) is 15.5. The van der Waals surface area contributed by atoms with Gasteiger partial charge in [-0.2, -0.15) is 0 Å². The number of methoxy groups -OCH3 is 1. The van der Waals surface area contributed by atoms with Gasteiger partial charge in [0.25, 0.3) is 0 Å². The van der Waals surface area contributed by atoms with Crippen molar-refractivity contribution in [1.29, 1.82) is 0 Å². The molecular weight excluding hydrogens is 280 g/mol. The number of rotatable bonds is 4. The van der Waals surface area contributed by atoms with E-state index in [4.69, 9.17) is 9.47 Å². The van der Waals surface area contributed by atoms with Crippen LogP contribution in [-0.4, -0.2) is 22.5 Å². The van der Waals surface area contributed by atoms with E-state index in [-0.39, 0.29) is 5.97 Å². The number of aromatic nitrogens is 2. The van der Waals surface area contributed by atoms with Gasteiger partial charge < -0.3 is 9.47 Å². The van der Waals surface area contributed by atoms with Gasteiger partial charge in [0, 0.05) is 6.20 Å². The largest absolute Gasteiger partial charge is 0.487 e. The Hall–Kier alpha value is -2.82. The molecule has 0 saturated heterocycles. The summed E-state index contributed by atoms with van der Waals surface area (Å²) in [5.41, 5.74) is 3.18. The molecule has 3 rings (SSSR count). The molecule has 0 radical (unpaired) electrons. The second-order valence-corrected chi connectivity index (χ2v) is 4.94. The first-order valence-corrected chi connectivity index (χ1v) is 6.92. The number of nitrogens with zero attached hydrogens (tertiary/aromatic N) is 2.